The van der Waals surface area contributed by atoms with Gasteiger partial charge < -0.3 is 14.4 Å². The lowest BCUT2D eigenvalue weighted by Crippen LogP contribution is -2.23. The quantitative estimate of drug-likeness (QED) is 0.621. The molecule has 1 saturated heterocycles. The molecule has 0 radical (unpaired) electrons. The molecule has 1 aromatic rings. The number of benzene rings is 1. The molecular weight excluding hydrogens is 258 g/mol. The number of amides is 1. The Kier molecular flexibility index (Phi) is 4.40. The summed E-state index contributed by atoms with van der Waals surface area (Å²) in [6, 6.07) is 7.22. The lowest BCUT2D eigenvalue weighted by atomic mass is 10.1. The second kappa shape index (κ2) is 6.23. The van der Waals surface area contributed by atoms with Crippen LogP contribution in [0.5, 0.6) is 5.75 Å². The number of ether oxygens (including phenoxy) is 2. The Balaban J connectivity index is 2.37. The number of nitrogens with zero attached hydrogens (tertiary/aromatic N) is 1. The fourth-order valence-electron chi connectivity index (χ4n) is 2.15. The number of hydrogen-bond donors (Lipinski definition) is 0. The molecular formula is C15H17NO4. The minimum atomic E-state index is -0.476. The predicted octanol–water partition coefficient (Wildman–Crippen LogP) is 1.83. The number of likely N-dealkylation sites (tertiary alicyclic amines) is 1. The van der Waals surface area contributed by atoms with Crippen molar-refractivity contribution in [2.75, 3.05) is 20.8 Å². The standard InChI is InChI=1S/C15H17NO4/c1-19-12-7-5-11(6-8-12)13(10-15(18)20-2)16-9-3-4-14(16)17/h5-8,10H,3-4,9H2,1-2H3. The fraction of sp³-hybridized carbons (Fsp3) is 0.333. The molecule has 0 unspecified atom stereocenters. The van der Waals surface area contributed by atoms with Crippen LogP contribution in [-0.4, -0.2) is 37.5 Å². The average Bonchev–Trinajstić information content (AvgIpc) is 2.90. The Morgan fingerprint density at radius 2 is 1.95 bits per heavy atom. The smallest absolute Gasteiger partial charge is 0.332 e. The third kappa shape index (κ3) is 2.99. The normalized spacial score (nSPS) is 15.4. The molecule has 1 aromatic carbocycles. The summed E-state index contributed by atoms with van der Waals surface area (Å²) in [6.45, 7) is 0.619. The number of rotatable bonds is 4. The van der Waals surface area contributed by atoms with Gasteiger partial charge in [0.25, 0.3) is 0 Å². The van der Waals surface area contributed by atoms with E-state index >= 15 is 0 Å². The molecule has 106 valence electrons. The zero-order valence-corrected chi connectivity index (χ0v) is 11.6. The summed E-state index contributed by atoms with van der Waals surface area (Å²) in [5.41, 5.74) is 1.36. The first-order chi connectivity index (χ1) is 9.65. The summed E-state index contributed by atoms with van der Waals surface area (Å²) >= 11 is 0. The lowest BCUT2D eigenvalue weighted by Gasteiger charge is -2.20. The van der Waals surface area contributed by atoms with Gasteiger partial charge in [-0.2, -0.15) is 0 Å². The van der Waals surface area contributed by atoms with E-state index in [-0.39, 0.29) is 5.91 Å². The third-order valence-electron chi connectivity index (χ3n) is 3.21. The van der Waals surface area contributed by atoms with E-state index in [1.807, 2.05) is 12.1 Å². The van der Waals surface area contributed by atoms with Gasteiger partial charge in [-0.05, 0) is 36.2 Å². The zero-order chi connectivity index (χ0) is 14.5. The van der Waals surface area contributed by atoms with Crippen LogP contribution in [0.2, 0.25) is 0 Å². The molecule has 0 N–H and O–H groups in total. The molecule has 5 heteroatoms. The van der Waals surface area contributed by atoms with E-state index < -0.39 is 5.97 Å². The highest BCUT2D eigenvalue weighted by atomic mass is 16.5. The molecule has 0 aliphatic carbocycles. The summed E-state index contributed by atoms with van der Waals surface area (Å²) in [4.78, 5) is 25.0. The van der Waals surface area contributed by atoms with Crippen LogP contribution in [0.15, 0.2) is 30.3 Å². The van der Waals surface area contributed by atoms with Crippen molar-refractivity contribution in [3.8, 4) is 5.75 Å². The molecule has 0 saturated carbocycles. The third-order valence-corrected chi connectivity index (χ3v) is 3.21. The van der Waals surface area contributed by atoms with Gasteiger partial charge in [0, 0.05) is 19.0 Å². The number of carbonyl (C=O) groups excluding carboxylic acids is 2. The Bertz CT molecular complexity index is 533. The molecule has 20 heavy (non-hydrogen) atoms. The topological polar surface area (TPSA) is 55.8 Å². The van der Waals surface area contributed by atoms with Crippen LogP contribution in [0.4, 0.5) is 0 Å². The van der Waals surface area contributed by atoms with Gasteiger partial charge in [0.05, 0.1) is 19.9 Å². The molecule has 0 bridgehead atoms. The highest BCUT2D eigenvalue weighted by Gasteiger charge is 2.25. The van der Waals surface area contributed by atoms with Gasteiger partial charge in [-0.3, -0.25) is 4.79 Å². The molecule has 0 atom stereocenters. The molecule has 5 nitrogen and oxygen atoms in total. The minimum Gasteiger partial charge on any atom is -0.497 e. The van der Waals surface area contributed by atoms with Crippen molar-refractivity contribution in [2.45, 2.75) is 12.8 Å². The maximum atomic E-state index is 11.9. The number of carbonyl (C=O) groups is 2. The Morgan fingerprint density at radius 3 is 2.45 bits per heavy atom. The first kappa shape index (κ1) is 14.1. The van der Waals surface area contributed by atoms with Crippen LogP contribution in [0, 0.1) is 0 Å². The van der Waals surface area contributed by atoms with Crippen molar-refractivity contribution < 1.29 is 19.1 Å². The zero-order valence-electron chi connectivity index (χ0n) is 11.6. The first-order valence-corrected chi connectivity index (χ1v) is 6.40. The maximum Gasteiger partial charge on any atom is 0.332 e. The average molecular weight is 275 g/mol. The Hall–Kier alpha value is -2.30. The van der Waals surface area contributed by atoms with Crippen molar-refractivity contribution in [3.05, 3.63) is 35.9 Å². The van der Waals surface area contributed by atoms with Gasteiger partial charge in [0.1, 0.15) is 5.75 Å². The minimum absolute atomic E-state index is 0.0240. The SMILES string of the molecule is COC(=O)C=C(c1ccc(OC)cc1)N1CCCC1=O. The number of hydrogen-bond acceptors (Lipinski definition) is 4. The van der Waals surface area contributed by atoms with E-state index in [2.05, 4.69) is 4.74 Å². The van der Waals surface area contributed by atoms with Crippen LogP contribution >= 0.6 is 0 Å². The Morgan fingerprint density at radius 1 is 1.25 bits per heavy atom. The Labute approximate surface area is 117 Å². The van der Waals surface area contributed by atoms with Crippen molar-refractivity contribution >= 4 is 17.6 Å². The summed E-state index contributed by atoms with van der Waals surface area (Å²) < 4.78 is 9.77. The van der Waals surface area contributed by atoms with Crippen molar-refractivity contribution in [1.29, 1.82) is 0 Å². The molecule has 1 aliphatic rings. The van der Waals surface area contributed by atoms with E-state index in [1.54, 1.807) is 24.1 Å². The van der Waals surface area contributed by atoms with Gasteiger partial charge in [0.15, 0.2) is 0 Å². The summed E-state index contributed by atoms with van der Waals surface area (Å²) in [7, 11) is 2.90. The van der Waals surface area contributed by atoms with E-state index in [0.29, 0.717) is 18.7 Å². The van der Waals surface area contributed by atoms with E-state index in [1.165, 1.54) is 13.2 Å². The van der Waals surface area contributed by atoms with Gasteiger partial charge in [-0.15, -0.1) is 0 Å². The summed E-state index contributed by atoms with van der Waals surface area (Å²) in [5, 5.41) is 0. The molecule has 2 rings (SSSR count). The summed E-state index contributed by atoms with van der Waals surface area (Å²) in [6.07, 6.45) is 2.66. The second-order valence-electron chi connectivity index (χ2n) is 4.43. The molecule has 1 fully saturated rings. The first-order valence-electron chi connectivity index (χ1n) is 6.40. The monoisotopic (exact) mass is 275 g/mol. The van der Waals surface area contributed by atoms with E-state index in [4.69, 9.17) is 4.74 Å². The molecule has 1 amide bonds. The molecule has 1 aliphatic heterocycles. The van der Waals surface area contributed by atoms with Crippen LogP contribution in [0.3, 0.4) is 0 Å². The highest BCUT2D eigenvalue weighted by molar-refractivity contribution is 5.96. The van der Waals surface area contributed by atoms with Gasteiger partial charge >= 0.3 is 5.97 Å². The molecule has 0 spiro atoms. The molecule has 0 aromatic heterocycles. The van der Waals surface area contributed by atoms with Crippen molar-refractivity contribution in [1.82, 2.24) is 4.90 Å². The van der Waals surface area contributed by atoms with E-state index in [9.17, 15) is 9.59 Å². The maximum absolute atomic E-state index is 11.9. The van der Waals surface area contributed by atoms with Crippen molar-refractivity contribution in [3.63, 3.8) is 0 Å². The van der Waals surface area contributed by atoms with Crippen LogP contribution < -0.4 is 4.74 Å². The van der Waals surface area contributed by atoms with Crippen LogP contribution in [0.1, 0.15) is 18.4 Å². The van der Waals surface area contributed by atoms with Gasteiger partial charge in [-0.25, -0.2) is 4.79 Å². The lowest BCUT2D eigenvalue weighted by molar-refractivity contribution is -0.134. The van der Waals surface area contributed by atoms with Gasteiger partial charge in [-0.1, -0.05) is 0 Å². The van der Waals surface area contributed by atoms with E-state index in [0.717, 1.165) is 17.7 Å². The largest absolute Gasteiger partial charge is 0.497 e. The number of esters is 1. The fourth-order valence-corrected chi connectivity index (χ4v) is 2.15. The highest BCUT2D eigenvalue weighted by Crippen LogP contribution is 2.26. The second-order valence-corrected chi connectivity index (χ2v) is 4.43. The molecule has 1 heterocycles. The van der Waals surface area contributed by atoms with Crippen molar-refractivity contribution in [2.24, 2.45) is 0 Å². The van der Waals surface area contributed by atoms with Crippen LogP contribution in [-0.2, 0) is 14.3 Å². The summed E-state index contributed by atoms with van der Waals surface area (Å²) in [5.74, 6) is 0.269. The van der Waals surface area contributed by atoms with Gasteiger partial charge in [0.2, 0.25) is 5.91 Å². The predicted molar refractivity (Wildman–Crippen MR) is 73.9 cm³/mol. The van der Waals surface area contributed by atoms with Crippen LogP contribution in [0.25, 0.3) is 5.70 Å². The number of methoxy groups -OCH3 is 2.